The summed E-state index contributed by atoms with van der Waals surface area (Å²) in [6, 6.07) is 6.27. The van der Waals surface area contributed by atoms with Crippen LogP contribution in [0.3, 0.4) is 0 Å². The van der Waals surface area contributed by atoms with Gasteiger partial charge in [-0.3, -0.25) is 14.5 Å². The first kappa shape index (κ1) is 19.5. The Bertz CT molecular complexity index is 867. The molecule has 5 heteroatoms. The van der Waals surface area contributed by atoms with Crippen LogP contribution in [0.5, 0.6) is 0 Å². The van der Waals surface area contributed by atoms with Gasteiger partial charge >= 0.3 is 0 Å². The Hall–Kier alpha value is -2.27. The van der Waals surface area contributed by atoms with Gasteiger partial charge in [0.1, 0.15) is 0 Å². The molecule has 1 aromatic carbocycles. The number of fused-ring (bicyclic) bond motifs is 1. The highest BCUT2D eigenvalue weighted by molar-refractivity contribution is 8.18. The first-order chi connectivity index (χ1) is 12.8. The number of hydrogen-bond donors (Lipinski definition) is 0. The van der Waals surface area contributed by atoms with Crippen molar-refractivity contribution >= 4 is 40.2 Å². The molecule has 142 valence electrons. The molecule has 0 aliphatic carbocycles. The van der Waals surface area contributed by atoms with E-state index in [4.69, 9.17) is 0 Å². The van der Waals surface area contributed by atoms with Crippen molar-refractivity contribution in [3.05, 3.63) is 53.0 Å². The van der Waals surface area contributed by atoms with Crippen molar-refractivity contribution in [2.45, 2.75) is 39.7 Å². The summed E-state index contributed by atoms with van der Waals surface area (Å²) in [7, 11) is 0. The van der Waals surface area contributed by atoms with Crippen LogP contribution in [0.2, 0.25) is 0 Å². The molecule has 0 saturated carbocycles. The van der Waals surface area contributed by atoms with Gasteiger partial charge in [0.2, 0.25) is 0 Å². The molecule has 0 unspecified atom stereocenters. The van der Waals surface area contributed by atoms with E-state index in [1.165, 1.54) is 21.7 Å². The van der Waals surface area contributed by atoms with Crippen LogP contribution in [0, 0.1) is 0 Å². The Morgan fingerprint density at radius 3 is 2.67 bits per heavy atom. The van der Waals surface area contributed by atoms with E-state index >= 15 is 0 Å². The number of carbonyl (C=O) groups excluding carboxylic acids is 2. The summed E-state index contributed by atoms with van der Waals surface area (Å²) < 4.78 is 0. The average molecular weight is 383 g/mol. The predicted molar refractivity (Wildman–Crippen MR) is 115 cm³/mol. The second kappa shape index (κ2) is 7.39. The molecule has 27 heavy (non-hydrogen) atoms. The van der Waals surface area contributed by atoms with Crippen molar-refractivity contribution < 1.29 is 9.59 Å². The summed E-state index contributed by atoms with van der Waals surface area (Å²) in [5, 5.41) is -0.240. The van der Waals surface area contributed by atoms with Gasteiger partial charge in [0.05, 0.1) is 10.4 Å². The minimum absolute atomic E-state index is 0.0258. The van der Waals surface area contributed by atoms with E-state index in [0.29, 0.717) is 4.91 Å². The molecule has 2 amide bonds. The Morgan fingerprint density at radius 1 is 1.26 bits per heavy atom. The Labute approximate surface area is 165 Å². The molecule has 0 spiro atoms. The lowest BCUT2D eigenvalue weighted by molar-refractivity contribution is -0.122. The predicted octanol–water partition coefficient (Wildman–Crippen LogP) is 5.32. The Balaban J connectivity index is 1.97. The molecule has 1 fully saturated rings. The van der Waals surface area contributed by atoms with Gasteiger partial charge in [-0.05, 0) is 68.3 Å². The van der Waals surface area contributed by atoms with Crippen molar-refractivity contribution in [3.8, 4) is 0 Å². The van der Waals surface area contributed by atoms with Crippen molar-refractivity contribution in [2.75, 3.05) is 18.0 Å². The maximum absolute atomic E-state index is 12.4. The summed E-state index contributed by atoms with van der Waals surface area (Å²) in [5.41, 5.74) is 4.54. The third-order valence-electron chi connectivity index (χ3n) is 4.93. The number of amides is 2. The Morgan fingerprint density at radius 2 is 2.00 bits per heavy atom. The molecule has 0 radical (unpaired) electrons. The second-order valence-corrected chi connectivity index (χ2v) is 8.48. The number of anilines is 1. The fraction of sp³-hybridized carbons (Fsp3) is 0.364. The third kappa shape index (κ3) is 3.61. The molecule has 1 saturated heterocycles. The molecule has 4 nitrogen and oxygen atoms in total. The summed E-state index contributed by atoms with van der Waals surface area (Å²) in [6.45, 7) is 13.6. The molecule has 2 heterocycles. The maximum atomic E-state index is 12.4. The monoisotopic (exact) mass is 382 g/mol. The van der Waals surface area contributed by atoms with Gasteiger partial charge in [-0.15, -0.1) is 6.58 Å². The number of benzene rings is 1. The van der Waals surface area contributed by atoms with Crippen LogP contribution < -0.4 is 4.90 Å². The van der Waals surface area contributed by atoms with Gasteiger partial charge in [0.15, 0.2) is 0 Å². The van der Waals surface area contributed by atoms with E-state index in [9.17, 15) is 9.59 Å². The molecular formula is C22H26N2O2S. The van der Waals surface area contributed by atoms with Crippen LogP contribution in [0.15, 0.2) is 41.8 Å². The smallest absolute Gasteiger partial charge is 0.293 e. The minimum Gasteiger partial charge on any atom is -0.362 e. The summed E-state index contributed by atoms with van der Waals surface area (Å²) in [4.78, 5) is 28.6. The van der Waals surface area contributed by atoms with Gasteiger partial charge in [0.25, 0.3) is 11.1 Å². The number of carbonyl (C=O) groups is 2. The molecule has 2 aliphatic rings. The van der Waals surface area contributed by atoms with E-state index in [1.807, 2.05) is 12.1 Å². The average Bonchev–Trinajstić information content (AvgIpc) is 2.86. The third-order valence-corrected chi connectivity index (χ3v) is 5.84. The van der Waals surface area contributed by atoms with Crippen LogP contribution >= 0.6 is 11.8 Å². The molecule has 0 aromatic heterocycles. The minimum atomic E-state index is -0.247. The summed E-state index contributed by atoms with van der Waals surface area (Å²) in [6.07, 6.45) is 6.75. The summed E-state index contributed by atoms with van der Waals surface area (Å²) >= 11 is 0.989. The summed E-state index contributed by atoms with van der Waals surface area (Å²) in [5.74, 6) is -0.247. The standard InChI is InChI=1S/C22H26N2O2S/c1-6-10-23-20(25)19(27-21(23)26)13-16-8-9-18-17(12-16)15(3)14-22(4,5)24(18)11-7-2/h6,8-9,12-14H,1,7,10-11H2,2-5H3/b19-13+. The van der Waals surface area contributed by atoms with Crippen molar-refractivity contribution in [1.82, 2.24) is 4.90 Å². The first-order valence-corrected chi connectivity index (χ1v) is 10.1. The van der Waals surface area contributed by atoms with Crippen LogP contribution in [0.25, 0.3) is 11.6 Å². The maximum Gasteiger partial charge on any atom is 0.293 e. The fourth-order valence-electron chi connectivity index (χ4n) is 3.76. The zero-order valence-corrected chi connectivity index (χ0v) is 17.2. The van der Waals surface area contributed by atoms with Crippen LogP contribution in [-0.4, -0.2) is 34.7 Å². The SMILES string of the molecule is C=CCN1C(=O)S/C(=C/c2ccc3c(c2)C(C)=CC(C)(C)N3CCC)C1=O. The number of allylic oxidation sites excluding steroid dienone is 1. The highest BCUT2D eigenvalue weighted by Gasteiger charge is 2.34. The van der Waals surface area contributed by atoms with E-state index in [1.54, 1.807) is 6.08 Å². The van der Waals surface area contributed by atoms with Crippen molar-refractivity contribution in [1.29, 1.82) is 0 Å². The lowest BCUT2D eigenvalue weighted by atomic mass is 9.88. The van der Waals surface area contributed by atoms with Gasteiger partial charge in [-0.25, -0.2) is 0 Å². The number of rotatable bonds is 5. The number of nitrogens with zero attached hydrogens (tertiary/aromatic N) is 2. The molecule has 1 aromatic rings. The van der Waals surface area contributed by atoms with Gasteiger partial charge in [0, 0.05) is 24.3 Å². The highest BCUT2D eigenvalue weighted by atomic mass is 32.2. The first-order valence-electron chi connectivity index (χ1n) is 9.26. The molecule has 0 bridgehead atoms. The lowest BCUT2D eigenvalue weighted by Gasteiger charge is -2.43. The van der Waals surface area contributed by atoms with E-state index in [0.717, 1.165) is 30.3 Å². The van der Waals surface area contributed by atoms with E-state index in [2.05, 4.69) is 57.4 Å². The molecule has 0 N–H and O–H groups in total. The number of thioether (sulfide) groups is 1. The van der Waals surface area contributed by atoms with Gasteiger partial charge < -0.3 is 4.90 Å². The largest absolute Gasteiger partial charge is 0.362 e. The van der Waals surface area contributed by atoms with E-state index in [-0.39, 0.29) is 23.2 Å². The molecule has 3 rings (SSSR count). The van der Waals surface area contributed by atoms with Gasteiger partial charge in [-0.2, -0.15) is 0 Å². The number of hydrogen-bond acceptors (Lipinski definition) is 4. The molecule has 0 atom stereocenters. The zero-order chi connectivity index (χ0) is 19.8. The highest BCUT2D eigenvalue weighted by Crippen LogP contribution is 2.40. The molecule has 2 aliphatic heterocycles. The number of imide groups is 1. The quantitative estimate of drug-likeness (QED) is 0.510. The second-order valence-electron chi connectivity index (χ2n) is 7.49. The molecular weight excluding hydrogens is 356 g/mol. The van der Waals surface area contributed by atoms with Crippen LogP contribution in [0.4, 0.5) is 10.5 Å². The normalized spacial score (nSPS) is 20.1. The van der Waals surface area contributed by atoms with Gasteiger partial charge in [-0.1, -0.05) is 25.1 Å². The lowest BCUT2D eigenvalue weighted by Crippen LogP contribution is -2.45. The van der Waals surface area contributed by atoms with Crippen molar-refractivity contribution in [3.63, 3.8) is 0 Å². The van der Waals surface area contributed by atoms with Crippen LogP contribution in [-0.2, 0) is 4.79 Å². The zero-order valence-electron chi connectivity index (χ0n) is 16.4. The topological polar surface area (TPSA) is 40.6 Å². The van der Waals surface area contributed by atoms with Crippen molar-refractivity contribution in [2.24, 2.45) is 0 Å². The fourth-order valence-corrected chi connectivity index (χ4v) is 4.61. The van der Waals surface area contributed by atoms with Crippen LogP contribution in [0.1, 0.15) is 45.2 Å². The Kier molecular flexibility index (Phi) is 5.33. The van der Waals surface area contributed by atoms with E-state index < -0.39 is 0 Å².